The van der Waals surface area contributed by atoms with E-state index in [1.807, 2.05) is 78.1 Å². The van der Waals surface area contributed by atoms with Gasteiger partial charge in [-0.1, -0.05) is 110 Å². The third-order valence-corrected chi connectivity index (χ3v) is 10.9. The number of ketones is 1. The number of hydrogen-bond acceptors (Lipinski definition) is 5. The van der Waals surface area contributed by atoms with Gasteiger partial charge in [-0.3, -0.25) is 9.78 Å². The normalized spacial score (nSPS) is 12.5. The van der Waals surface area contributed by atoms with Crippen LogP contribution < -0.4 is 0 Å². The van der Waals surface area contributed by atoms with E-state index in [4.69, 9.17) is 13.8 Å². The van der Waals surface area contributed by atoms with E-state index in [0.717, 1.165) is 75.6 Å². The Morgan fingerprint density at radius 1 is 0.824 bits per heavy atom. The number of aryl methyl sites for hydroxylation is 1. The Bertz CT molecular complexity index is 2170. The van der Waals surface area contributed by atoms with Gasteiger partial charge in [0.1, 0.15) is 16.9 Å². The molecule has 6 rings (SSSR count). The van der Waals surface area contributed by atoms with Crippen LogP contribution in [0, 0.1) is 23.8 Å². The van der Waals surface area contributed by atoms with Crippen LogP contribution in [0.25, 0.3) is 55.5 Å². The molecule has 0 saturated heterocycles. The smallest absolute Gasteiger partial charge is 0.173 e. The van der Waals surface area contributed by atoms with Crippen LogP contribution in [-0.2, 0) is 30.3 Å². The molecule has 0 aliphatic rings. The van der Waals surface area contributed by atoms with Crippen LogP contribution in [0.15, 0.2) is 93.6 Å². The van der Waals surface area contributed by atoms with Crippen molar-refractivity contribution in [2.24, 2.45) is 10.8 Å². The third-order valence-electron chi connectivity index (χ3n) is 10.9. The maximum atomic E-state index is 12.2. The summed E-state index contributed by atoms with van der Waals surface area (Å²) in [5.74, 6) is 1.76. The molecule has 0 aliphatic carbocycles. The molecule has 1 N–H and O–H groups in total. The number of fused-ring (bicyclic) bond motifs is 3. The number of aromatic nitrogens is 1. The summed E-state index contributed by atoms with van der Waals surface area (Å²) in [6, 6.07) is 26.3. The van der Waals surface area contributed by atoms with E-state index in [2.05, 4.69) is 70.2 Å². The van der Waals surface area contributed by atoms with Crippen molar-refractivity contribution >= 4 is 38.5 Å². The van der Waals surface area contributed by atoms with Crippen molar-refractivity contribution in [3.8, 4) is 22.8 Å². The van der Waals surface area contributed by atoms with Gasteiger partial charge in [0.2, 0.25) is 0 Å². The predicted molar refractivity (Wildman–Crippen MR) is 208 cm³/mol. The van der Waals surface area contributed by atoms with Gasteiger partial charge < -0.3 is 13.9 Å². The number of furan rings is 2. The Morgan fingerprint density at radius 2 is 1.43 bits per heavy atom. The van der Waals surface area contributed by atoms with Gasteiger partial charge in [0.05, 0.1) is 0 Å². The number of aliphatic hydroxyl groups excluding tert-OH is 1. The summed E-state index contributed by atoms with van der Waals surface area (Å²) in [5.41, 5.74) is 5.07. The van der Waals surface area contributed by atoms with Gasteiger partial charge in [-0.2, -0.15) is 0 Å². The van der Waals surface area contributed by atoms with Gasteiger partial charge in [0.25, 0.3) is 0 Å². The molecule has 3 aromatic carbocycles. The number of hydrogen-bond donors (Lipinski definition) is 1. The molecule has 0 saturated carbocycles. The largest absolute Gasteiger partial charge is 0.512 e. The summed E-state index contributed by atoms with van der Waals surface area (Å²) in [5, 5.41) is 14.5. The van der Waals surface area contributed by atoms with Crippen molar-refractivity contribution in [1.29, 1.82) is 0 Å². The second kappa shape index (κ2) is 15.7. The molecule has 3 heterocycles. The van der Waals surface area contributed by atoms with Gasteiger partial charge in [-0.05, 0) is 56.2 Å². The molecule has 0 unspecified atom stereocenters. The minimum Gasteiger partial charge on any atom is -0.512 e. The molecule has 51 heavy (non-hydrogen) atoms. The first kappa shape index (κ1) is 39.8. The molecular formula is C45H52IrNO4-. The maximum Gasteiger partial charge on any atom is 0.173 e. The van der Waals surface area contributed by atoms with Gasteiger partial charge in [-0.15, -0.1) is 29.1 Å². The maximum absolute atomic E-state index is 12.2. The number of allylic oxidation sites excluding steroid dienone is 2. The molecule has 6 heteroatoms. The average Bonchev–Trinajstić information content (AvgIpc) is 3.71. The summed E-state index contributed by atoms with van der Waals surface area (Å²) < 4.78 is 12.6. The summed E-state index contributed by atoms with van der Waals surface area (Å²) in [6.45, 7) is 20.9. The number of benzene rings is 3. The fourth-order valence-corrected chi connectivity index (χ4v) is 6.34. The fraction of sp³-hybridized carbons (Fsp3) is 0.378. The number of rotatable bonds is 9. The Morgan fingerprint density at radius 3 is 2.04 bits per heavy atom. The molecule has 271 valence electrons. The number of nitrogens with zero attached hydrogens (tertiary/aromatic N) is 1. The van der Waals surface area contributed by atoms with E-state index in [1.54, 1.807) is 0 Å². The topological polar surface area (TPSA) is 76.5 Å². The van der Waals surface area contributed by atoms with E-state index in [-0.39, 0.29) is 47.9 Å². The molecule has 0 spiro atoms. The Hall–Kier alpha value is -3.99. The average molecular weight is 863 g/mol. The van der Waals surface area contributed by atoms with E-state index < -0.39 is 0 Å². The van der Waals surface area contributed by atoms with Crippen LogP contribution in [-0.4, -0.2) is 15.9 Å². The molecular weight excluding hydrogens is 811 g/mol. The van der Waals surface area contributed by atoms with Crippen molar-refractivity contribution in [1.82, 2.24) is 4.98 Å². The van der Waals surface area contributed by atoms with Crippen molar-refractivity contribution < 1.29 is 38.8 Å². The molecule has 0 bridgehead atoms. The van der Waals surface area contributed by atoms with Gasteiger partial charge in [0.15, 0.2) is 17.3 Å². The van der Waals surface area contributed by atoms with Crippen LogP contribution >= 0.6 is 0 Å². The number of carbonyl (C=O) groups is 1. The summed E-state index contributed by atoms with van der Waals surface area (Å²) in [6.07, 6.45) is 6.59. The van der Waals surface area contributed by atoms with Crippen LogP contribution in [0.4, 0.5) is 0 Å². The molecule has 1 radical (unpaired) electrons. The van der Waals surface area contributed by atoms with Crippen molar-refractivity contribution in [2.45, 2.75) is 100 Å². The van der Waals surface area contributed by atoms with Crippen LogP contribution in [0.1, 0.15) is 99.1 Å². The fourth-order valence-electron chi connectivity index (χ4n) is 6.34. The molecule has 0 amide bonds. The summed E-state index contributed by atoms with van der Waals surface area (Å²) in [7, 11) is 0. The minimum absolute atomic E-state index is 0. The predicted octanol–water partition coefficient (Wildman–Crippen LogP) is 13.1. The van der Waals surface area contributed by atoms with Gasteiger partial charge in [0, 0.05) is 65.2 Å². The number of pyridine rings is 1. The van der Waals surface area contributed by atoms with E-state index in [9.17, 15) is 9.90 Å². The first-order chi connectivity index (χ1) is 23.7. The quantitative estimate of drug-likeness (QED) is 0.0890. The van der Waals surface area contributed by atoms with E-state index >= 15 is 0 Å². The third kappa shape index (κ3) is 7.93. The SMILES string of the molecule is CCC(C)(CC)C(=O)/C=C(\O)C(C)(CC)CC.Cc1c(-c2cc3ccnc(-c4[c-]c5ccccc5c(C(C)(C)C)c4)c3o2)oc2ccccc12.[Ir]. The van der Waals surface area contributed by atoms with Crippen molar-refractivity contribution in [2.75, 3.05) is 0 Å². The molecule has 6 aromatic rings. The first-order valence-electron chi connectivity index (χ1n) is 18.0. The Kier molecular flexibility index (Phi) is 12.3. The van der Waals surface area contributed by atoms with E-state index in [0.29, 0.717) is 5.76 Å². The van der Waals surface area contributed by atoms with Crippen LogP contribution in [0.5, 0.6) is 0 Å². The van der Waals surface area contributed by atoms with Crippen molar-refractivity contribution in [3.05, 3.63) is 102 Å². The molecule has 3 aromatic heterocycles. The standard InChI is InChI=1S/C30H24NO2.C15H28O2.Ir/c1-18-22-10-7-8-12-25(22)32-28(18)26-17-20-13-14-31-27(29(20)33-26)21-15-19-9-5-6-11-23(19)24(16-21)30(2,3)4;1-7-14(5,8-2)12(16)11-13(17)15(6,9-3)10-4;/h5-14,16-17H,1-4H3;11,16H,7-10H2,1-6H3;/q-1;;/b;12-11-;. The molecule has 0 fully saturated rings. The van der Waals surface area contributed by atoms with Gasteiger partial charge >= 0.3 is 0 Å². The van der Waals surface area contributed by atoms with Gasteiger partial charge in [-0.25, -0.2) is 0 Å². The molecule has 0 aliphatic heterocycles. The molecule has 0 atom stereocenters. The first-order valence-corrected chi connectivity index (χ1v) is 18.0. The number of carbonyl (C=O) groups excluding carboxylic acids is 1. The zero-order chi connectivity index (χ0) is 36.4. The molecule has 5 nitrogen and oxygen atoms in total. The summed E-state index contributed by atoms with van der Waals surface area (Å²) >= 11 is 0. The second-order valence-corrected chi connectivity index (χ2v) is 15.1. The minimum atomic E-state index is -0.337. The number of para-hydroxylation sites is 1. The Balaban J connectivity index is 0.000000279. The van der Waals surface area contributed by atoms with E-state index in [1.165, 1.54) is 17.0 Å². The van der Waals surface area contributed by atoms with Crippen LogP contribution in [0.3, 0.4) is 0 Å². The zero-order valence-electron chi connectivity index (χ0n) is 31.8. The Labute approximate surface area is 316 Å². The monoisotopic (exact) mass is 863 g/mol. The second-order valence-electron chi connectivity index (χ2n) is 15.1. The zero-order valence-corrected chi connectivity index (χ0v) is 34.2. The number of aliphatic hydroxyl groups is 1. The van der Waals surface area contributed by atoms with Crippen molar-refractivity contribution in [3.63, 3.8) is 0 Å². The summed E-state index contributed by atoms with van der Waals surface area (Å²) in [4.78, 5) is 16.9. The van der Waals surface area contributed by atoms with Crippen LogP contribution in [0.2, 0.25) is 0 Å².